The average Bonchev–Trinajstić information content (AvgIpc) is 2.68. The minimum absolute atomic E-state index is 0.164. The molecule has 1 amide bonds. The van der Waals surface area contributed by atoms with E-state index in [1.54, 1.807) is 0 Å². The molecule has 0 aromatic carbocycles. The molecule has 0 saturated carbocycles. The number of hydrogen-bond acceptors (Lipinski definition) is 4. The van der Waals surface area contributed by atoms with Gasteiger partial charge in [0.2, 0.25) is 5.91 Å². The van der Waals surface area contributed by atoms with Crippen LogP contribution in [0.1, 0.15) is 76.4 Å². The van der Waals surface area contributed by atoms with E-state index in [0.717, 1.165) is 75.0 Å². The maximum absolute atomic E-state index is 13.1. The number of fused-ring (bicyclic) bond motifs is 1. The number of rotatable bonds is 6. The fourth-order valence-corrected chi connectivity index (χ4v) is 4.40. The van der Waals surface area contributed by atoms with Crippen molar-refractivity contribution >= 4 is 11.7 Å². The summed E-state index contributed by atoms with van der Waals surface area (Å²) in [5.41, 5.74) is 2.35. The van der Waals surface area contributed by atoms with Gasteiger partial charge in [0.25, 0.3) is 0 Å². The Morgan fingerprint density at radius 3 is 2.59 bits per heavy atom. The van der Waals surface area contributed by atoms with E-state index in [1.807, 2.05) is 6.92 Å². The lowest BCUT2D eigenvalue weighted by molar-refractivity contribution is -0.136. The Balaban J connectivity index is 1.80. The van der Waals surface area contributed by atoms with E-state index in [0.29, 0.717) is 12.5 Å². The number of nitrogens with zero attached hydrogens (tertiary/aromatic N) is 4. The standard InChI is InChI=1S/C22H36N4O/c1-5-7-8-18(6-2)22(27)26-14-11-20-19(15-26)21(24-17(4)23-20)25-12-9-16(3)10-13-25/h16,18H,5-15H2,1-4H3/t18-/m1/s1. The van der Waals surface area contributed by atoms with Crippen molar-refractivity contribution in [3.63, 3.8) is 0 Å². The first-order valence-electron chi connectivity index (χ1n) is 10.9. The molecule has 150 valence electrons. The van der Waals surface area contributed by atoms with Gasteiger partial charge < -0.3 is 9.80 Å². The fraction of sp³-hybridized carbons (Fsp3) is 0.773. The van der Waals surface area contributed by atoms with E-state index in [-0.39, 0.29) is 5.92 Å². The van der Waals surface area contributed by atoms with Gasteiger partial charge in [0.05, 0.1) is 12.2 Å². The zero-order chi connectivity index (χ0) is 19.4. The number of hydrogen-bond donors (Lipinski definition) is 0. The van der Waals surface area contributed by atoms with Crippen LogP contribution in [0.3, 0.4) is 0 Å². The topological polar surface area (TPSA) is 49.3 Å². The Morgan fingerprint density at radius 1 is 1.19 bits per heavy atom. The smallest absolute Gasteiger partial charge is 0.225 e. The Hall–Kier alpha value is -1.65. The van der Waals surface area contributed by atoms with Gasteiger partial charge in [0, 0.05) is 37.5 Å². The van der Waals surface area contributed by atoms with Gasteiger partial charge in [0.15, 0.2) is 0 Å². The molecule has 0 aliphatic carbocycles. The highest BCUT2D eigenvalue weighted by molar-refractivity contribution is 5.79. The summed E-state index contributed by atoms with van der Waals surface area (Å²) in [6, 6.07) is 0. The summed E-state index contributed by atoms with van der Waals surface area (Å²) in [6.07, 6.45) is 7.52. The Kier molecular flexibility index (Phi) is 6.72. The molecule has 5 heteroatoms. The van der Waals surface area contributed by atoms with Gasteiger partial charge in [-0.25, -0.2) is 9.97 Å². The molecule has 0 bridgehead atoms. The second-order valence-corrected chi connectivity index (χ2v) is 8.45. The van der Waals surface area contributed by atoms with Crippen LogP contribution in [0.5, 0.6) is 0 Å². The predicted molar refractivity (Wildman–Crippen MR) is 110 cm³/mol. The third-order valence-corrected chi connectivity index (χ3v) is 6.29. The summed E-state index contributed by atoms with van der Waals surface area (Å²) in [5.74, 6) is 3.23. The molecule has 2 aliphatic rings. The molecule has 0 spiro atoms. The van der Waals surface area contributed by atoms with Crippen molar-refractivity contribution in [3.8, 4) is 0 Å². The lowest BCUT2D eigenvalue weighted by Crippen LogP contribution is -2.42. The van der Waals surface area contributed by atoms with Gasteiger partial charge in [-0.05, 0) is 38.5 Å². The molecular weight excluding hydrogens is 336 g/mol. The first kappa shape index (κ1) is 20.1. The number of piperidine rings is 1. The third-order valence-electron chi connectivity index (χ3n) is 6.29. The minimum Gasteiger partial charge on any atom is -0.356 e. The molecule has 3 heterocycles. The molecule has 1 aromatic rings. The summed E-state index contributed by atoms with van der Waals surface area (Å²) >= 11 is 0. The summed E-state index contributed by atoms with van der Waals surface area (Å²) in [6.45, 7) is 12.3. The van der Waals surface area contributed by atoms with Crippen LogP contribution in [-0.2, 0) is 17.8 Å². The molecule has 1 saturated heterocycles. The van der Waals surface area contributed by atoms with E-state index in [4.69, 9.17) is 9.97 Å². The summed E-state index contributed by atoms with van der Waals surface area (Å²) in [4.78, 5) is 27.1. The number of anilines is 1. The van der Waals surface area contributed by atoms with Gasteiger partial charge in [-0.3, -0.25) is 4.79 Å². The van der Waals surface area contributed by atoms with Crippen molar-refractivity contribution in [2.24, 2.45) is 11.8 Å². The summed E-state index contributed by atoms with van der Waals surface area (Å²) < 4.78 is 0. The first-order chi connectivity index (χ1) is 13.0. The fourth-order valence-electron chi connectivity index (χ4n) is 4.40. The van der Waals surface area contributed by atoms with Crippen LogP contribution in [-0.4, -0.2) is 40.4 Å². The van der Waals surface area contributed by atoms with Gasteiger partial charge >= 0.3 is 0 Å². The van der Waals surface area contributed by atoms with Gasteiger partial charge in [-0.15, -0.1) is 0 Å². The average molecular weight is 373 g/mol. The van der Waals surface area contributed by atoms with E-state index in [2.05, 4.69) is 30.6 Å². The molecule has 3 rings (SSSR count). The normalized spacial score (nSPS) is 19.1. The van der Waals surface area contributed by atoms with Gasteiger partial charge in [0.1, 0.15) is 11.6 Å². The molecule has 1 atom stereocenters. The summed E-state index contributed by atoms with van der Waals surface area (Å²) in [7, 11) is 0. The highest BCUT2D eigenvalue weighted by atomic mass is 16.2. The zero-order valence-corrected chi connectivity index (χ0v) is 17.6. The molecule has 27 heavy (non-hydrogen) atoms. The van der Waals surface area contributed by atoms with Crippen LogP contribution in [0.2, 0.25) is 0 Å². The van der Waals surface area contributed by atoms with Crippen LogP contribution < -0.4 is 4.90 Å². The Morgan fingerprint density at radius 2 is 1.93 bits per heavy atom. The van der Waals surface area contributed by atoms with E-state index in [1.165, 1.54) is 18.4 Å². The van der Waals surface area contributed by atoms with Crippen LogP contribution >= 0.6 is 0 Å². The quantitative estimate of drug-likeness (QED) is 0.753. The van der Waals surface area contributed by atoms with Gasteiger partial charge in [-0.1, -0.05) is 33.6 Å². The molecule has 1 fully saturated rings. The number of aryl methyl sites for hydroxylation is 1. The van der Waals surface area contributed by atoms with Crippen LogP contribution in [0.15, 0.2) is 0 Å². The number of amides is 1. The molecule has 0 unspecified atom stereocenters. The second kappa shape index (κ2) is 9.03. The molecule has 1 aromatic heterocycles. The Labute approximate surface area is 164 Å². The Bertz CT molecular complexity index is 652. The van der Waals surface area contributed by atoms with Crippen LogP contribution in [0.4, 0.5) is 5.82 Å². The van der Waals surface area contributed by atoms with Gasteiger partial charge in [-0.2, -0.15) is 0 Å². The SMILES string of the molecule is CCCC[C@@H](CC)C(=O)N1CCc2nc(C)nc(N3CCC(C)CC3)c2C1. The monoisotopic (exact) mass is 372 g/mol. The second-order valence-electron chi connectivity index (χ2n) is 8.45. The lowest BCUT2D eigenvalue weighted by atomic mass is 9.95. The highest BCUT2D eigenvalue weighted by Gasteiger charge is 2.30. The minimum atomic E-state index is 0.164. The zero-order valence-electron chi connectivity index (χ0n) is 17.6. The third kappa shape index (κ3) is 4.61. The van der Waals surface area contributed by atoms with Crippen molar-refractivity contribution < 1.29 is 4.79 Å². The van der Waals surface area contributed by atoms with Crippen LogP contribution in [0, 0.1) is 18.8 Å². The van der Waals surface area contributed by atoms with E-state index >= 15 is 0 Å². The molecule has 2 aliphatic heterocycles. The lowest BCUT2D eigenvalue weighted by Gasteiger charge is -2.36. The van der Waals surface area contributed by atoms with Crippen LogP contribution in [0.25, 0.3) is 0 Å². The molecular formula is C22H36N4O. The summed E-state index contributed by atoms with van der Waals surface area (Å²) in [5, 5.41) is 0. The van der Waals surface area contributed by atoms with E-state index < -0.39 is 0 Å². The maximum atomic E-state index is 13.1. The predicted octanol–water partition coefficient (Wildman–Crippen LogP) is 4.12. The molecule has 5 nitrogen and oxygen atoms in total. The van der Waals surface area contributed by atoms with Crippen molar-refractivity contribution in [2.75, 3.05) is 24.5 Å². The van der Waals surface area contributed by atoms with Crippen molar-refractivity contribution in [3.05, 3.63) is 17.1 Å². The number of carbonyl (C=O) groups is 1. The largest absolute Gasteiger partial charge is 0.356 e. The van der Waals surface area contributed by atoms with Crippen molar-refractivity contribution in [2.45, 2.75) is 79.2 Å². The van der Waals surface area contributed by atoms with Crippen molar-refractivity contribution in [1.29, 1.82) is 0 Å². The molecule has 0 radical (unpaired) electrons. The molecule has 0 N–H and O–H groups in total. The van der Waals surface area contributed by atoms with Crippen molar-refractivity contribution in [1.82, 2.24) is 14.9 Å². The highest BCUT2D eigenvalue weighted by Crippen LogP contribution is 2.31. The van der Waals surface area contributed by atoms with E-state index in [9.17, 15) is 4.79 Å². The number of unbranched alkanes of at least 4 members (excludes halogenated alkanes) is 1. The first-order valence-corrected chi connectivity index (χ1v) is 10.9. The number of aromatic nitrogens is 2. The maximum Gasteiger partial charge on any atom is 0.225 e. The number of carbonyl (C=O) groups excluding carboxylic acids is 1.